The van der Waals surface area contributed by atoms with E-state index in [9.17, 15) is 0 Å². The molecule has 0 spiro atoms. The maximum atomic E-state index is 6.06. The second kappa shape index (κ2) is 7.69. The Morgan fingerprint density at radius 1 is 1.50 bits per heavy atom. The van der Waals surface area contributed by atoms with Crippen LogP contribution in [0.3, 0.4) is 0 Å². The number of hydrogen-bond acceptors (Lipinski definition) is 2. The molecule has 0 saturated carbocycles. The summed E-state index contributed by atoms with van der Waals surface area (Å²) in [5.41, 5.74) is 6.06. The van der Waals surface area contributed by atoms with E-state index >= 15 is 0 Å². The molecule has 1 aromatic rings. The quantitative estimate of drug-likeness (QED) is 0.795. The minimum atomic E-state index is 0. The van der Waals surface area contributed by atoms with E-state index in [4.69, 9.17) is 5.73 Å². The van der Waals surface area contributed by atoms with Crippen LogP contribution in [0.25, 0.3) is 0 Å². The Labute approximate surface area is 105 Å². The largest absolute Gasteiger partial charge is 0.323 e. The third kappa shape index (κ3) is 4.30. The molecule has 1 heterocycles. The maximum Gasteiger partial charge on any atom is 0.0401 e. The number of rotatable bonds is 5. The molecule has 0 amide bonds. The van der Waals surface area contributed by atoms with E-state index in [-0.39, 0.29) is 18.4 Å². The summed E-state index contributed by atoms with van der Waals surface area (Å²) in [6, 6.07) is 2.29. The van der Waals surface area contributed by atoms with Gasteiger partial charge in [-0.25, -0.2) is 0 Å². The van der Waals surface area contributed by atoms with Gasteiger partial charge in [-0.1, -0.05) is 26.2 Å². The van der Waals surface area contributed by atoms with E-state index in [1.165, 1.54) is 28.6 Å². The summed E-state index contributed by atoms with van der Waals surface area (Å²) in [5, 5.41) is 2.08. The fraction of sp³-hybridized carbons (Fsp3) is 0.600. The molecule has 0 aliphatic carbocycles. The van der Waals surface area contributed by atoms with Gasteiger partial charge in [0.05, 0.1) is 0 Å². The predicted molar refractivity (Wildman–Crippen MR) is 70.3 cm³/mol. The summed E-state index contributed by atoms with van der Waals surface area (Å²) < 4.78 is 1.17. The maximum absolute atomic E-state index is 6.06. The van der Waals surface area contributed by atoms with Crippen LogP contribution in [0, 0.1) is 0 Å². The van der Waals surface area contributed by atoms with E-state index in [2.05, 4.69) is 34.3 Å². The fourth-order valence-electron chi connectivity index (χ4n) is 1.32. The van der Waals surface area contributed by atoms with Gasteiger partial charge in [-0.15, -0.1) is 23.7 Å². The van der Waals surface area contributed by atoms with Gasteiger partial charge in [-0.2, -0.15) is 0 Å². The monoisotopic (exact) mass is 297 g/mol. The minimum absolute atomic E-state index is 0. The Hall–Kier alpha value is 0.430. The Bertz CT molecular complexity index is 252. The van der Waals surface area contributed by atoms with Gasteiger partial charge in [0.15, 0.2) is 0 Å². The molecular formula is C10H17BrClNS. The summed E-state index contributed by atoms with van der Waals surface area (Å²) in [6.07, 6.45) is 4.89. The molecule has 4 heteroatoms. The molecule has 1 nitrogen and oxygen atoms in total. The lowest BCUT2D eigenvalue weighted by molar-refractivity contribution is 0.586. The minimum Gasteiger partial charge on any atom is -0.323 e. The van der Waals surface area contributed by atoms with E-state index in [0.717, 1.165) is 6.42 Å². The topological polar surface area (TPSA) is 26.0 Å². The van der Waals surface area contributed by atoms with E-state index in [1.54, 1.807) is 11.3 Å². The highest BCUT2D eigenvalue weighted by molar-refractivity contribution is 9.10. The van der Waals surface area contributed by atoms with E-state index in [1.807, 2.05) is 0 Å². The highest BCUT2D eigenvalue weighted by atomic mass is 79.9. The third-order valence-electron chi connectivity index (χ3n) is 2.10. The molecule has 0 aliphatic heterocycles. The molecule has 0 bridgehead atoms. The number of halogens is 2. The van der Waals surface area contributed by atoms with Gasteiger partial charge < -0.3 is 5.73 Å². The molecule has 82 valence electrons. The van der Waals surface area contributed by atoms with Crippen LogP contribution in [0.5, 0.6) is 0 Å². The molecule has 1 atom stereocenters. The zero-order valence-electron chi connectivity index (χ0n) is 8.33. The van der Waals surface area contributed by atoms with Crippen LogP contribution >= 0.6 is 39.7 Å². The standard InChI is InChI=1S/C10H16BrNS.ClH/c1-2-3-4-5-9(12)10-8(11)6-7-13-10;/h6-7,9H,2-5,12H2,1H3;1H/t9-;/m0./s1. The van der Waals surface area contributed by atoms with Gasteiger partial charge in [-0.3, -0.25) is 0 Å². The first-order valence-electron chi connectivity index (χ1n) is 4.74. The summed E-state index contributed by atoms with van der Waals surface area (Å²) in [4.78, 5) is 1.29. The number of unbranched alkanes of at least 4 members (excludes halogenated alkanes) is 2. The van der Waals surface area contributed by atoms with Crippen molar-refractivity contribution >= 4 is 39.7 Å². The van der Waals surface area contributed by atoms with Gasteiger partial charge in [0.1, 0.15) is 0 Å². The van der Waals surface area contributed by atoms with Gasteiger partial charge in [0.2, 0.25) is 0 Å². The average Bonchev–Trinajstić information content (AvgIpc) is 2.52. The molecule has 0 radical (unpaired) electrons. The van der Waals surface area contributed by atoms with Crippen LogP contribution in [0.1, 0.15) is 43.5 Å². The average molecular weight is 299 g/mol. The highest BCUT2D eigenvalue weighted by Crippen LogP contribution is 2.30. The van der Waals surface area contributed by atoms with Gasteiger partial charge >= 0.3 is 0 Å². The molecule has 0 saturated heterocycles. The smallest absolute Gasteiger partial charge is 0.0401 e. The van der Waals surface area contributed by atoms with Crippen LogP contribution < -0.4 is 5.73 Å². The third-order valence-corrected chi connectivity index (χ3v) is 4.10. The second-order valence-corrected chi connectivity index (χ2v) is 5.04. The van der Waals surface area contributed by atoms with Gasteiger partial charge in [0.25, 0.3) is 0 Å². The first-order valence-corrected chi connectivity index (χ1v) is 6.41. The van der Waals surface area contributed by atoms with Crippen molar-refractivity contribution in [2.24, 2.45) is 5.73 Å². The Morgan fingerprint density at radius 3 is 2.71 bits per heavy atom. The Morgan fingerprint density at radius 2 is 2.21 bits per heavy atom. The van der Waals surface area contributed by atoms with Crippen molar-refractivity contribution < 1.29 is 0 Å². The van der Waals surface area contributed by atoms with Gasteiger partial charge in [-0.05, 0) is 33.8 Å². The normalized spacial score (nSPS) is 12.2. The molecule has 1 aromatic heterocycles. The fourth-order valence-corrected chi connectivity index (χ4v) is 3.02. The van der Waals surface area contributed by atoms with Crippen molar-refractivity contribution in [2.75, 3.05) is 0 Å². The number of nitrogens with two attached hydrogens (primary N) is 1. The van der Waals surface area contributed by atoms with Crippen LogP contribution in [0.2, 0.25) is 0 Å². The van der Waals surface area contributed by atoms with Gasteiger partial charge in [0, 0.05) is 15.4 Å². The van der Waals surface area contributed by atoms with Crippen LogP contribution in [-0.4, -0.2) is 0 Å². The lowest BCUT2D eigenvalue weighted by Crippen LogP contribution is -2.08. The zero-order chi connectivity index (χ0) is 9.68. The zero-order valence-corrected chi connectivity index (χ0v) is 11.6. The Kier molecular flexibility index (Phi) is 7.92. The van der Waals surface area contributed by atoms with E-state index < -0.39 is 0 Å². The van der Waals surface area contributed by atoms with E-state index in [0.29, 0.717) is 0 Å². The van der Waals surface area contributed by atoms with Crippen molar-refractivity contribution in [2.45, 2.75) is 38.6 Å². The molecule has 0 unspecified atom stereocenters. The first kappa shape index (κ1) is 14.4. The molecule has 0 aromatic carbocycles. The Balaban J connectivity index is 0.00000169. The highest BCUT2D eigenvalue weighted by Gasteiger charge is 2.10. The lowest BCUT2D eigenvalue weighted by atomic mass is 10.1. The van der Waals surface area contributed by atoms with Crippen LogP contribution in [0.4, 0.5) is 0 Å². The molecule has 14 heavy (non-hydrogen) atoms. The molecule has 0 aliphatic rings. The van der Waals surface area contributed by atoms with Crippen molar-refractivity contribution in [3.63, 3.8) is 0 Å². The van der Waals surface area contributed by atoms with Crippen molar-refractivity contribution in [1.82, 2.24) is 0 Å². The molecule has 0 fully saturated rings. The second-order valence-electron chi connectivity index (χ2n) is 3.24. The predicted octanol–water partition coefficient (Wildman–Crippen LogP) is 4.51. The summed E-state index contributed by atoms with van der Waals surface area (Å²) in [7, 11) is 0. The van der Waals surface area contributed by atoms with Crippen LogP contribution in [-0.2, 0) is 0 Å². The summed E-state index contributed by atoms with van der Waals surface area (Å²) >= 11 is 5.25. The van der Waals surface area contributed by atoms with Crippen molar-refractivity contribution in [1.29, 1.82) is 0 Å². The molecular weight excluding hydrogens is 282 g/mol. The van der Waals surface area contributed by atoms with Crippen molar-refractivity contribution in [3.05, 3.63) is 20.8 Å². The number of thiophene rings is 1. The number of hydrogen-bond donors (Lipinski definition) is 1. The van der Waals surface area contributed by atoms with Crippen molar-refractivity contribution in [3.8, 4) is 0 Å². The SMILES string of the molecule is CCCCC[C@H](N)c1sccc1Br.Cl. The van der Waals surface area contributed by atoms with Crippen LogP contribution in [0.15, 0.2) is 15.9 Å². The molecule has 1 rings (SSSR count). The summed E-state index contributed by atoms with van der Waals surface area (Å²) in [5.74, 6) is 0. The lowest BCUT2D eigenvalue weighted by Gasteiger charge is -2.09. The first-order chi connectivity index (χ1) is 6.25. The molecule has 2 N–H and O–H groups in total. The summed E-state index contributed by atoms with van der Waals surface area (Å²) in [6.45, 7) is 2.21.